The molecule has 78 valence electrons. The van der Waals surface area contributed by atoms with Crippen LogP contribution in [-0.2, 0) is 14.3 Å². The molecule has 1 rings (SSSR count). The summed E-state index contributed by atoms with van der Waals surface area (Å²) in [5.74, 6) is -1.98. The minimum atomic E-state index is -1.38. The van der Waals surface area contributed by atoms with Gasteiger partial charge in [-0.3, -0.25) is 0 Å². The second kappa shape index (κ2) is 7.91. The SMILES string of the molecule is O=C([O-])C=CC(=O)OC1CCCCC1.[Na+]. The predicted molar refractivity (Wildman–Crippen MR) is 47.1 cm³/mol. The summed E-state index contributed by atoms with van der Waals surface area (Å²) in [6.45, 7) is 0. The minimum absolute atomic E-state index is 0. The van der Waals surface area contributed by atoms with E-state index in [-0.39, 0.29) is 35.7 Å². The molecule has 1 fully saturated rings. The molecular weight excluding hydrogens is 207 g/mol. The molecule has 0 radical (unpaired) electrons. The van der Waals surface area contributed by atoms with Crippen LogP contribution in [0.2, 0.25) is 0 Å². The summed E-state index contributed by atoms with van der Waals surface area (Å²) in [6.07, 6.45) is 6.63. The Morgan fingerprint density at radius 2 is 1.73 bits per heavy atom. The zero-order valence-corrected chi connectivity index (χ0v) is 10.9. The van der Waals surface area contributed by atoms with Crippen molar-refractivity contribution >= 4 is 11.9 Å². The Labute approximate surface area is 111 Å². The fraction of sp³-hybridized carbons (Fsp3) is 0.600. The van der Waals surface area contributed by atoms with E-state index >= 15 is 0 Å². The second-order valence-corrected chi connectivity index (χ2v) is 3.35. The molecule has 15 heavy (non-hydrogen) atoms. The molecule has 1 saturated carbocycles. The Kier molecular flexibility index (Phi) is 7.74. The standard InChI is InChI=1S/C10H14O4.Na/c11-9(12)6-7-10(13)14-8-4-2-1-3-5-8;/h6-8H,1-5H2,(H,11,12);/q;+1/p-1. The molecular formula is C10H13NaO4. The van der Waals surface area contributed by atoms with E-state index in [2.05, 4.69) is 0 Å². The minimum Gasteiger partial charge on any atom is -0.545 e. The van der Waals surface area contributed by atoms with Gasteiger partial charge in [0.25, 0.3) is 0 Å². The summed E-state index contributed by atoms with van der Waals surface area (Å²) in [4.78, 5) is 21.0. The fourth-order valence-electron chi connectivity index (χ4n) is 1.52. The van der Waals surface area contributed by atoms with Crippen LogP contribution in [0.5, 0.6) is 0 Å². The van der Waals surface area contributed by atoms with Gasteiger partial charge in [0.2, 0.25) is 0 Å². The maximum absolute atomic E-state index is 11.0. The van der Waals surface area contributed by atoms with Gasteiger partial charge in [-0.1, -0.05) is 6.42 Å². The van der Waals surface area contributed by atoms with E-state index in [1.54, 1.807) is 0 Å². The molecule has 0 N–H and O–H groups in total. The molecule has 0 bridgehead atoms. The van der Waals surface area contributed by atoms with E-state index in [9.17, 15) is 14.7 Å². The van der Waals surface area contributed by atoms with Gasteiger partial charge in [-0.05, 0) is 31.8 Å². The molecule has 0 aromatic rings. The first kappa shape index (κ1) is 14.7. The molecule has 0 saturated heterocycles. The maximum Gasteiger partial charge on any atom is 1.00 e. The molecule has 1 aliphatic carbocycles. The molecule has 0 aliphatic heterocycles. The monoisotopic (exact) mass is 220 g/mol. The summed E-state index contributed by atoms with van der Waals surface area (Å²) < 4.78 is 5.02. The van der Waals surface area contributed by atoms with Crippen molar-refractivity contribution in [1.82, 2.24) is 0 Å². The van der Waals surface area contributed by atoms with E-state index in [1.807, 2.05) is 0 Å². The Balaban J connectivity index is 0.00000196. The van der Waals surface area contributed by atoms with Crippen molar-refractivity contribution in [3.8, 4) is 0 Å². The van der Waals surface area contributed by atoms with Crippen LogP contribution in [0.25, 0.3) is 0 Å². The van der Waals surface area contributed by atoms with Crippen molar-refractivity contribution in [3.05, 3.63) is 12.2 Å². The average molecular weight is 220 g/mol. The summed E-state index contributed by atoms with van der Waals surface area (Å²) in [5, 5.41) is 9.99. The van der Waals surface area contributed by atoms with Crippen LogP contribution in [0.15, 0.2) is 12.2 Å². The summed E-state index contributed by atoms with van der Waals surface area (Å²) >= 11 is 0. The Morgan fingerprint density at radius 3 is 2.27 bits per heavy atom. The van der Waals surface area contributed by atoms with Crippen LogP contribution in [0.1, 0.15) is 32.1 Å². The van der Waals surface area contributed by atoms with Gasteiger partial charge in [0.15, 0.2) is 0 Å². The van der Waals surface area contributed by atoms with Gasteiger partial charge in [-0.2, -0.15) is 0 Å². The third kappa shape index (κ3) is 6.71. The van der Waals surface area contributed by atoms with E-state index in [0.717, 1.165) is 31.8 Å². The van der Waals surface area contributed by atoms with Crippen molar-refractivity contribution in [2.45, 2.75) is 38.2 Å². The quantitative estimate of drug-likeness (QED) is 0.292. The average Bonchev–Trinajstić information content (AvgIpc) is 2.16. The second-order valence-electron chi connectivity index (χ2n) is 3.35. The summed E-state index contributed by atoms with van der Waals surface area (Å²) in [6, 6.07) is 0. The van der Waals surface area contributed by atoms with Gasteiger partial charge in [-0.15, -0.1) is 0 Å². The zero-order chi connectivity index (χ0) is 10.4. The van der Waals surface area contributed by atoms with E-state index < -0.39 is 11.9 Å². The topological polar surface area (TPSA) is 66.4 Å². The van der Waals surface area contributed by atoms with Crippen molar-refractivity contribution < 1.29 is 49.0 Å². The number of ether oxygens (including phenoxy) is 1. The van der Waals surface area contributed by atoms with Gasteiger partial charge in [0.05, 0.1) is 5.97 Å². The predicted octanol–water partition coefficient (Wildman–Crippen LogP) is -2.83. The van der Waals surface area contributed by atoms with Gasteiger partial charge in [0.1, 0.15) is 6.10 Å². The third-order valence-corrected chi connectivity index (χ3v) is 2.19. The van der Waals surface area contributed by atoms with Gasteiger partial charge < -0.3 is 14.6 Å². The molecule has 0 amide bonds. The van der Waals surface area contributed by atoms with Crippen molar-refractivity contribution in [2.24, 2.45) is 0 Å². The number of carbonyl (C=O) groups excluding carboxylic acids is 2. The molecule has 0 heterocycles. The molecule has 4 nitrogen and oxygen atoms in total. The van der Waals surface area contributed by atoms with Crippen LogP contribution in [0.4, 0.5) is 0 Å². The number of hydrogen-bond acceptors (Lipinski definition) is 4. The third-order valence-electron chi connectivity index (χ3n) is 2.19. The molecule has 1 aliphatic rings. The largest absolute Gasteiger partial charge is 1.00 e. The smallest absolute Gasteiger partial charge is 0.545 e. The number of carboxylic acids is 1. The van der Waals surface area contributed by atoms with Crippen LogP contribution in [0.3, 0.4) is 0 Å². The number of aliphatic carboxylic acids is 1. The molecule has 0 atom stereocenters. The first-order valence-electron chi connectivity index (χ1n) is 4.78. The number of carboxylic acid groups (broad SMARTS) is 1. The molecule has 0 aromatic carbocycles. The van der Waals surface area contributed by atoms with E-state index in [0.29, 0.717) is 6.08 Å². The van der Waals surface area contributed by atoms with Crippen molar-refractivity contribution in [1.29, 1.82) is 0 Å². The maximum atomic E-state index is 11.0. The molecule has 0 aromatic heterocycles. The number of esters is 1. The van der Waals surface area contributed by atoms with Crippen LogP contribution < -0.4 is 34.7 Å². The van der Waals surface area contributed by atoms with Crippen LogP contribution in [0, 0.1) is 0 Å². The molecule has 0 unspecified atom stereocenters. The molecule has 0 spiro atoms. The van der Waals surface area contributed by atoms with Gasteiger partial charge in [-0.25, -0.2) is 4.79 Å². The normalized spacial score (nSPS) is 17.1. The Bertz CT molecular complexity index is 244. The first-order valence-corrected chi connectivity index (χ1v) is 4.78. The number of carbonyl (C=O) groups is 2. The van der Waals surface area contributed by atoms with Gasteiger partial charge >= 0.3 is 35.5 Å². The fourth-order valence-corrected chi connectivity index (χ4v) is 1.52. The van der Waals surface area contributed by atoms with Crippen LogP contribution in [-0.4, -0.2) is 18.0 Å². The summed E-state index contributed by atoms with van der Waals surface area (Å²) in [5.41, 5.74) is 0. The van der Waals surface area contributed by atoms with E-state index in [1.165, 1.54) is 6.42 Å². The Hall–Kier alpha value is -0.320. The van der Waals surface area contributed by atoms with Crippen molar-refractivity contribution in [3.63, 3.8) is 0 Å². The number of rotatable bonds is 3. The molecule has 5 heteroatoms. The zero-order valence-electron chi connectivity index (χ0n) is 8.90. The first-order chi connectivity index (χ1) is 6.68. The van der Waals surface area contributed by atoms with E-state index in [4.69, 9.17) is 4.74 Å². The van der Waals surface area contributed by atoms with Crippen LogP contribution >= 0.6 is 0 Å². The Morgan fingerprint density at radius 1 is 1.13 bits per heavy atom. The summed E-state index contributed by atoms with van der Waals surface area (Å²) in [7, 11) is 0. The number of hydrogen-bond donors (Lipinski definition) is 0. The van der Waals surface area contributed by atoms with Gasteiger partial charge in [0, 0.05) is 6.08 Å². The van der Waals surface area contributed by atoms with Crippen molar-refractivity contribution in [2.75, 3.05) is 0 Å².